The van der Waals surface area contributed by atoms with Gasteiger partial charge in [-0.1, -0.05) is 25.0 Å². The number of nitrogens with zero attached hydrogens (tertiary/aromatic N) is 1. The Bertz CT molecular complexity index is 570. The molecule has 132 valence electrons. The highest BCUT2D eigenvalue weighted by Crippen LogP contribution is 2.29. The number of nitrogens with two attached hydrogens (primary N) is 1. The summed E-state index contributed by atoms with van der Waals surface area (Å²) < 4.78 is 0. The van der Waals surface area contributed by atoms with E-state index in [-0.39, 0.29) is 30.1 Å². The van der Waals surface area contributed by atoms with E-state index in [4.69, 9.17) is 5.73 Å². The van der Waals surface area contributed by atoms with Gasteiger partial charge in [-0.3, -0.25) is 9.59 Å². The third-order valence-electron chi connectivity index (χ3n) is 4.99. The molecule has 2 fully saturated rings. The molecular weight excluding hydrogens is 326 g/mol. The summed E-state index contributed by atoms with van der Waals surface area (Å²) in [6.07, 6.45) is 5.73. The number of amides is 2. The molecule has 24 heavy (non-hydrogen) atoms. The lowest BCUT2D eigenvalue weighted by Gasteiger charge is -2.23. The van der Waals surface area contributed by atoms with Crippen LogP contribution in [-0.2, 0) is 16.0 Å². The van der Waals surface area contributed by atoms with Crippen molar-refractivity contribution in [2.45, 2.75) is 44.6 Å². The SMILES string of the molecule is Cl.Nc1ccc(CCNC(=O)C2CC(=O)N(C3CCCC3)C2)cc1. The fourth-order valence-corrected chi connectivity index (χ4v) is 3.63. The quantitative estimate of drug-likeness (QED) is 0.798. The number of halogens is 1. The highest BCUT2D eigenvalue weighted by Gasteiger charge is 2.38. The van der Waals surface area contributed by atoms with Gasteiger partial charge in [0.1, 0.15) is 0 Å². The zero-order valence-electron chi connectivity index (χ0n) is 13.9. The number of hydrogen-bond donors (Lipinski definition) is 2. The van der Waals surface area contributed by atoms with E-state index in [0.29, 0.717) is 25.6 Å². The maximum Gasteiger partial charge on any atom is 0.225 e. The van der Waals surface area contributed by atoms with Gasteiger partial charge in [-0.2, -0.15) is 0 Å². The van der Waals surface area contributed by atoms with E-state index in [2.05, 4.69) is 5.32 Å². The van der Waals surface area contributed by atoms with Crippen molar-refractivity contribution in [3.8, 4) is 0 Å². The molecule has 1 aliphatic heterocycles. The van der Waals surface area contributed by atoms with E-state index in [1.165, 1.54) is 12.8 Å². The van der Waals surface area contributed by atoms with Gasteiger partial charge in [-0.05, 0) is 37.0 Å². The second kappa shape index (κ2) is 8.38. The zero-order chi connectivity index (χ0) is 16.2. The topological polar surface area (TPSA) is 75.4 Å². The van der Waals surface area contributed by atoms with Gasteiger partial charge in [0.2, 0.25) is 11.8 Å². The highest BCUT2D eigenvalue weighted by molar-refractivity contribution is 5.89. The predicted molar refractivity (Wildman–Crippen MR) is 96.9 cm³/mol. The third kappa shape index (κ3) is 4.41. The van der Waals surface area contributed by atoms with E-state index < -0.39 is 0 Å². The van der Waals surface area contributed by atoms with Crippen LogP contribution >= 0.6 is 12.4 Å². The van der Waals surface area contributed by atoms with Crippen LogP contribution in [0, 0.1) is 5.92 Å². The minimum absolute atomic E-state index is 0. The Hall–Kier alpha value is -1.75. The molecule has 1 aromatic rings. The molecule has 2 amide bonds. The van der Waals surface area contributed by atoms with Crippen molar-refractivity contribution in [1.82, 2.24) is 10.2 Å². The first-order valence-corrected chi connectivity index (χ1v) is 8.55. The van der Waals surface area contributed by atoms with Gasteiger partial charge in [0.15, 0.2) is 0 Å². The number of likely N-dealkylation sites (tertiary alicyclic amines) is 1. The zero-order valence-corrected chi connectivity index (χ0v) is 14.7. The van der Waals surface area contributed by atoms with Gasteiger partial charge in [-0.25, -0.2) is 0 Å². The number of rotatable bonds is 5. The summed E-state index contributed by atoms with van der Waals surface area (Å²) in [6.45, 7) is 1.19. The Kier molecular flexibility index (Phi) is 6.49. The van der Waals surface area contributed by atoms with E-state index in [0.717, 1.165) is 30.5 Å². The van der Waals surface area contributed by atoms with E-state index in [9.17, 15) is 9.59 Å². The predicted octanol–water partition coefficient (Wildman–Crippen LogP) is 2.14. The smallest absolute Gasteiger partial charge is 0.225 e. The number of nitrogens with one attached hydrogen (secondary N) is 1. The summed E-state index contributed by atoms with van der Waals surface area (Å²) >= 11 is 0. The van der Waals surface area contributed by atoms with Crippen molar-refractivity contribution in [3.05, 3.63) is 29.8 Å². The summed E-state index contributed by atoms with van der Waals surface area (Å²) in [6, 6.07) is 8.05. The first kappa shape index (κ1) is 18.6. The van der Waals surface area contributed by atoms with Crippen LogP contribution in [0.1, 0.15) is 37.7 Å². The van der Waals surface area contributed by atoms with Gasteiger partial charge in [0.05, 0.1) is 5.92 Å². The van der Waals surface area contributed by atoms with E-state index >= 15 is 0 Å². The van der Waals surface area contributed by atoms with Gasteiger partial charge < -0.3 is 16.0 Å². The second-order valence-electron chi connectivity index (χ2n) is 6.67. The third-order valence-corrected chi connectivity index (χ3v) is 4.99. The van der Waals surface area contributed by atoms with Crippen LogP contribution in [0.3, 0.4) is 0 Å². The molecule has 1 heterocycles. The summed E-state index contributed by atoms with van der Waals surface area (Å²) in [5.41, 5.74) is 7.55. The summed E-state index contributed by atoms with van der Waals surface area (Å²) in [7, 11) is 0. The highest BCUT2D eigenvalue weighted by atomic mass is 35.5. The average Bonchev–Trinajstić information content (AvgIpc) is 3.18. The molecular formula is C18H26ClN3O2. The standard InChI is InChI=1S/C18H25N3O2.ClH/c19-15-7-5-13(6-8-15)9-10-20-18(23)14-11-17(22)21(12-14)16-3-1-2-4-16;/h5-8,14,16H,1-4,9-12,19H2,(H,20,23);1H. The van der Waals surface area contributed by atoms with Crippen molar-refractivity contribution >= 4 is 29.9 Å². The minimum atomic E-state index is -0.186. The molecule has 5 nitrogen and oxygen atoms in total. The number of carbonyl (C=O) groups excluding carboxylic acids is 2. The summed E-state index contributed by atoms with van der Waals surface area (Å²) in [5.74, 6) is -0.0283. The van der Waals surface area contributed by atoms with E-state index in [1.807, 2.05) is 29.2 Å². The van der Waals surface area contributed by atoms with Gasteiger partial charge >= 0.3 is 0 Å². The average molecular weight is 352 g/mol. The van der Waals surface area contributed by atoms with Crippen molar-refractivity contribution in [2.75, 3.05) is 18.8 Å². The molecule has 2 aliphatic rings. The molecule has 0 aromatic heterocycles. The van der Waals surface area contributed by atoms with Crippen LogP contribution in [-0.4, -0.2) is 35.8 Å². The van der Waals surface area contributed by atoms with Crippen molar-refractivity contribution in [3.63, 3.8) is 0 Å². The Morgan fingerprint density at radius 1 is 1.21 bits per heavy atom. The molecule has 6 heteroatoms. The Balaban J connectivity index is 0.00000208. The first-order chi connectivity index (χ1) is 11.1. The molecule has 0 spiro atoms. The van der Waals surface area contributed by atoms with Crippen LogP contribution in [0.2, 0.25) is 0 Å². The number of hydrogen-bond acceptors (Lipinski definition) is 3. The normalized spacial score (nSPS) is 20.9. The van der Waals surface area contributed by atoms with E-state index in [1.54, 1.807) is 0 Å². The first-order valence-electron chi connectivity index (χ1n) is 8.55. The molecule has 1 atom stereocenters. The Morgan fingerprint density at radius 3 is 2.54 bits per heavy atom. The molecule has 1 saturated carbocycles. The fraction of sp³-hybridized carbons (Fsp3) is 0.556. The lowest BCUT2D eigenvalue weighted by atomic mass is 10.1. The maximum atomic E-state index is 12.3. The second-order valence-corrected chi connectivity index (χ2v) is 6.67. The minimum Gasteiger partial charge on any atom is -0.399 e. The fourth-order valence-electron chi connectivity index (χ4n) is 3.63. The Labute approximate surface area is 149 Å². The van der Waals surface area contributed by atoms with Crippen LogP contribution in [0.25, 0.3) is 0 Å². The lowest BCUT2D eigenvalue weighted by molar-refractivity contribution is -0.130. The largest absolute Gasteiger partial charge is 0.399 e. The molecule has 3 N–H and O–H groups in total. The van der Waals surface area contributed by atoms with Crippen molar-refractivity contribution in [1.29, 1.82) is 0 Å². The molecule has 1 aromatic carbocycles. The summed E-state index contributed by atoms with van der Waals surface area (Å²) in [5, 5.41) is 2.97. The number of nitrogen functional groups attached to an aromatic ring is 1. The number of anilines is 1. The van der Waals surface area contributed by atoms with Crippen LogP contribution in [0.5, 0.6) is 0 Å². The van der Waals surface area contributed by atoms with Gasteiger partial charge in [-0.15, -0.1) is 12.4 Å². The van der Waals surface area contributed by atoms with Gasteiger partial charge in [0, 0.05) is 31.2 Å². The Morgan fingerprint density at radius 2 is 1.88 bits per heavy atom. The lowest BCUT2D eigenvalue weighted by Crippen LogP contribution is -2.37. The number of carbonyl (C=O) groups is 2. The molecule has 0 radical (unpaired) electrons. The van der Waals surface area contributed by atoms with Crippen LogP contribution in [0.4, 0.5) is 5.69 Å². The molecule has 1 unspecified atom stereocenters. The molecule has 3 rings (SSSR count). The van der Waals surface area contributed by atoms with Crippen molar-refractivity contribution in [2.24, 2.45) is 5.92 Å². The molecule has 1 saturated heterocycles. The maximum absolute atomic E-state index is 12.3. The van der Waals surface area contributed by atoms with Crippen molar-refractivity contribution < 1.29 is 9.59 Å². The van der Waals surface area contributed by atoms with Crippen LogP contribution < -0.4 is 11.1 Å². The summed E-state index contributed by atoms with van der Waals surface area (Å²) in [4.78, 5) is 26.4. The molecule has 0 bridgehead atoms. The van der Waals surface area contributed by atoms with Crippen LogP contribution in [0.15, 0.2) is 24.3 Å². The molecule has 1 aliphatic carbocycles. The monoisotopic (exact) mass is 351 g/mol. The number of benzene rings is 1. The van der Waals surface area contributed by atoms with Gasteiger partial charge in [0.25, 0.3) is 0 Å².